The fourth-order valence-electron chi connectivity index (χ4n) is 2.71. The molecule has 1 aromatic rings. The molecule has 0 bridgehead atoms. The molecule has 1 aliphatic heterocycles. The van der Waals surface area contributed by atoms with Crippen LogP contribution in [0, 0.1) is 0 Å². The number of nitrogens with zero attached hydrogens (tertiary/aromatic N) is 1. The largest absolute Gasteiger partial charge is 0.399 e. The minimum Gasteiger partial charge on any atom is -0.399 e. The van der Waals surface area contributed by atoms with Crippen LogP contribution in [0.5, 0.6) is 0 Å². The molecule has 116 valence electrons. The molecule has 5 heteroatoms. The number of hydrogen-bond acceptors (Lipinski definition) is 4. The van der Waals surface area contributed by atoms with E-state index in [1.54, 1.807) is 12.1 Å². The molecular formula is C16H25N3O2. The van der Waals surface area contributed by atoms with Gasteiger partial charge < -0.3 is 15.8 Å². The van der Waals surface area contributed by atoms with E-state index in [1.807, 2.05) is 26.0 Å². The number of ether oxygens (including phenoxy) is 1. The normalized spacial score (nSPS) is 24.5. The van der Waals surface area contributed by atoms with Gasteiger partial charge in [-0.15, -0.1) is 0 Å². The number of morpholine rings is 1. The van der Waals surface area contributed by atoms with E-state index in [2.05, 4.69) is 17.1 Å². The molecule has 21 heavy (non-hydrogen) atoms. The fraction of sp³-hybridized carbons (Fsp3) is 0.562. The lowest BCUT2D eigenvalue weighted by atomic mass is 10.1. The van der Waals surface area contributed by atoms with Gasteiger partial charge in [-0.1, -0.05) is 13.0 Å². The van der Waals surface area contributed by atoms with Gasteiger partial charge in [-0.05, 0) is 38.5 Å². The second-order valence-corrected chi connectivity index (χ2v) is 5.69. The summed E-state index contributed by atoms with van der Waals surface area (Å²) in [5, 5.41) is 2.94. The summed E-state index contributed by atoms with van der Waals surface area (Å²) >= 11 is 0. The highest BCUT2D eigenvalue weighted by Gasteiger charge is 2.32. The Morgan fingerprint density at radius 1 is 1.57 bits per heavy atom. The maximum Gasteiger partial charge on any atom is 0.241 e. The molecule has 3 atom stereocenters. The minimum atomic E-state index is -0.192. The molecule has 0 saturated carbocycles. The lowest BCUT2D eigenvalue weighted by Gasteiger charge is -2.41. The van der Waals surface area contributed by atoms with Crippen LogP contribution in [0.1, 0.15) is 27.2 Å². The van der Waals surface area contributed by atoms with E-state index in [0.29, 0.717) is 18.3 Å². The highest BCUT2D eigenvalue weighted by atomic mass is 16.5. The summed E-state index contributed by atoms with van der Waals surface area (Å²) in [6.07, 6.45) is 1.14. The van der Waals surface area contributed by atoms with Crippen LogP contribution in [0.4, 0.5) is 11.4 Å². The second-order valence-electron chi connectivity index (χ2n) is 5.69. The average Bonchev–Trinajstić information content (AvgIpc) is 2.46. The number of nitrogens with two attached hydrogens (primary N) is 1. The molecule has 0 aromatic heterocycles. The summed E-state index contributed by atoms with van der Waals surface area (Å²) in [4.78, 5) is 14.7. The van der Waals surface area contributed by atoms with Crippen molar-refractivity contribution in [2.45, 2.75) is 45.4 Å². The van der Waals surface area contributed by atoms with Crippen molar-refractivity contribution in [2.24, 2.45) is 0 Å². The quantitative estimate of drug-likeness (QED) is 0.834. The summed E-state index contributed by atoms with van der Waals surface area (Å²) in [6.45, 7) is 7.58. The maximum absolute atomic E-state index is 12.5. The van der Waals surface area contributed by atoms with Crippen LogP contribution in [0.3, 0.4) is 0 Å². The SMILES string of the molecule is CCC1COC(C)CN1C(C)C(=O)Nc1cccc(N)c1. The van der Waals surface area contributed by atoms with Gasteiger partial charge in [0.1, 0.15) is 0 Å². The molecule has 1 saturated heterocycles. The smallest absolute Gasteiger partial charge is 0.241 e. The van der Waals surface area contributed by atoms with Crippen LogP contribution in [0.25, 0.3) is 0 Å². The molecule has 1 aliphatic rings. The number of anilines is 2. The molecule has 3 N–H and O–H groups in total. The molecule has 3 unspecified atom stereocenters. The van der Waals surface area contributed by atoms with Gasteiger partial charge in [0.15, 0.2) is 0 Å². The van der Waals surface area contributed by atoms with Gasteiger partial charge in [-0.2, -0.15) is 0 Å². The van der Waals surface area contributed by atoms with Gasteiger partial charge in [0, 0.05) is 24.0 Å². The number of rotatable bonds is 4. The van der Waals surface area contributed by atoms with Crippen molar-refractivity contribution in [3.05, 3.63) is 24.3 Å². The molecular weight excluding hydrogens is 266 g/mol. The predicted octanol–water partition coefficient (Wildman–Crippen LogP) is 2.10. The Labute approximate surface area is 126 Å². The van der Waals surface area contributed by atoms with E-state index in [0.717, 1.165) is 18.7 Å². The first-order chi connectivity index (χ1) is 10.0. The van der Waals surface area contributed by atoms with Crippen LogP contribution < -0.4 is 11.1 Å². The highest BCUT2D eigenvalue weighted by Crippen LogP contribution is 2.19. The van der Waals surface area contributed by atoms with Crippen molar-refractivity contribution in [3.8, 4) is 0 Å². The number of nitrogens with one attached hydrogen (secondary N) is 1. The van der Waals surface area contributed by atoms with Gasteiger partial charge in [-0.3, -0.25) is 9.69 Å². The zero-order valence-corrected chi connectivity index (χ0v) is 13.0. The number of hydrogen-bond donors (Lipinski definition) is 2. The Bertz CT molecular complexity index is 492. The highest BCUT2D eigenvalue weighted by molar-refractivity contribution is 5.94. The van der Waals surface area contributed by atoms with Crippen LogP contribution in [-0.4, -0.2) is 42.1 Å². The van der Waals surface area contributed by atoms with Gasteiger partial charge in [-0.25, -0.2) is 0 Å². The van der Waals surface area contributed by atoms with Gasteiger partial charge in [0.2, 0.25) is 5.91 Å². The Kier molecular flexibility index (Phi) is 5.20. The van der Waals surface area contributed by atoms with Crippen molar-refractivity contribution in [1.29, 1.82) is 0 Å². The number of nitrogen functional groups attached to an aromatic ring is 1. The van der Waals surface area contributed by atoms with Crippen molar-refractivity contribution in [3.63, 3.8) is 0 Å². The van der Waals surface area contributed by atoms with Crippen molar-refractivity contribution in [2.75, 3.05) is 24.2 Å². The maximum atomic E-state index is 12.5. The molecule has 5 nitrogen and oxygen atoms in total. The van der Waals surface area contributed by atoms with E-state index in [9.17, 15) is 4.79 Å². The molecule has 1 amide bonds. The summed E-state index contributed by atoms with van der Waals surface area (Å²) < 4.78 is 5.69. The third-order valence-corrected chi connectivity index (χ3v) is 4.01. The van der Waals surface area contributed by atoms with Gasteiger partial charge in [0.25, 0.3) is 0 Å². The number of amides is 1. The summed E-state index contributed by atoms with van der Waals surface area (Å²) in [6, 6.07) is 7.35. The minimum absolute atomic E-state index is 0.00634. The van der Waals surface area contributed by atoms with Gasteiger partial charge in [0.05, 0.1) is 18.8 Å². The standard InChI is InChI=1S/C16H25N3O2/c1-4-15-10-21-11(2)9-19(15)12(3)16(20)18-14-7-5-6-13(17)8-14/h5-8,11-12,15H,4,9-10,17H2,1-3H3,(H,18,20). The molecule has 0 aliphatic carbocycles. The molecule has 1 aromatic carbocycles. The molecule has 0 radical (unpaired) electrons. The van der Waals surface area contributed by atoms with E-state index >= 15 is 0 Å². The zero-order chi connectivity index (χ0) is 15.4. The first kappa shape index (κ1) is 15.8. The van der Waals surface area contributed by atoms with Crippen LogP contribution >= 0.6 is 0 Å². The Morgan fingerprint density at radius 2 is 2.33 bits per heavy atom. The second kappa shape index (κ2) is 6.91. The van der Waals surface area contributed by atoms with Crippen LogP contribution in [0.2, 0.25) is 0 Å². The van der Waals surface area contributed by atoms with Crippen molar-refractivity contribution >= 4 is 17.3 Å². The Balaban J connectivity index is 2.03. The molecule has 1 fully saturated rings. The topological polar surface area (TPSA) is 67.6 Å². The Morgan fingerprint density at radius 3 is 3.00 bits per heavy atom. The summed E-state index contributed by atoms with van der Waals surface area (Å²) in [7, 11) is 0. The molecule has 1 heterocycles. The Hall–Kier alpha value is -1.59. The van der Waals surface area contributed by atoms with Crippen molar-refractivity contribution in [1.82, 2.24) is 4.90 Å². The van der Waals surface area contributed by atoms with E-state index in [-0.39, 0.29) is 18.1 Å². The van der Waals surface area contributed by atoms with Crippen LogP contribution in [-0.2, 0) is 9.53 Å². The van der Waals surface area contributed by atoms with Crippen LogP contribution in [0.15, 0.2) is 24.3 Å². The first-order valence-corrected chi connectivity index (χ1v) is 7.55. The molecule has 0 spiro atoms. The van der Waals surface area contributed by atoms with E-state index in [1.165, 1.54) is 0 Å². The number of benzene rings is 1. The number of carbonyl (C=O) groups is 1. The fourth-order valence-corrected chi connectivity index (χ4v) is 2.71. The third kappa shape index (κ3) is 3.95. The number of carbonyl (C=O) groups excluding carboxylic acids is 1. The van der Waals surface area contributed by atoms with Gasteiger partial charge >= 0.3 is 0 Å². The molecule has 2 rings (SSSR count). The predicted molar refractivity (Wildman–Crippen MR) is 85.1 cm³/mol. The lowest BCUT2D eigenvalue weighted by Crippen LogP contribution is -2.55. The van der Waals surface area contributed by atoms with E-state index in [4.69, 9.17) is 10.5 Å². The van der Waals surface area contributed by atoms with Crippen molar-refractivity contribution < 1.29 is 9.53 Å². The first-order valence-electron chi connectivity index (χ1n) is 7.55. The monoisotopic (exact) mass is 291 g/mol. The summed E-state index contributed by atoms with van der Waals surface area (Å²) in [5.74, 6) is -0.00634. The lowest BCUT2D eigenvalue weighted by molar-refractivity contribution is -0.127. The van der Waals surface area contributed by atoms with E-state index < -0.39 is 0 Å². The third-order valence-electron chi connectivity index (χ3n) is 4.01. The zero-order valence-electron chi connectivity index (χ0n) is 13.0. The average molecular weight is 291 g/mol. The summed E-state index contributed by atoms with van der Waals surface area (Å²) in [5.41, 5.74) is 7.12.